The Morgan fingerprint density at radius 2 is 2.33 bits per heavy atom. The number of nitriles is 1. The van der Waals surface area contributed by atoms with Crippen LogP contribution in [0.25, 0.3) is 0 Å². The lowest BCUT2D eigenvalue weighted by Gasteiger charge is -2.15. The maximum atomic E-state index is 11.5. The minimum absolute atomic E-state index is 0.0417. The molecule has 3 heteroatoms. The van der Waals surface area contributed by atoms with Gasteiger partial charge >= 0.3 is 0 Å². The monoisotopic (exact) mass is 164 g/mol. The van der Waals surface area contributed by atoms with Crippen LogP contribution in [0.4, 0.5) is 0 Å². The molecule has 1 saturated carbocycles. The van der Waals surface area contributed by atoms with Gasteiger partial charge in [-0.2, -0.15) is 5.26 Å². The molecular formula is C9H12N2O. The lowest BCUT2D eigenvalue weighted by molar-refractivity contribution is -0.126. The van der Waals surface area contributed by atoms with Crippen LogP contribution in [-0.4, -0.2) is 11.9 Å². The van der Waals surface area contributed by atoms with Crippen molar-refractivity contribution in [1.29, 1.82) is 5.26 Å². The lowest BCUT2D eigenvalue weighted by Crippen LogP contribution is -2.32. The van der Waals surface area contributed by atoms with Gasteiger partial charge in [0.05, 0.1) is 6.07 Å². The van der Waals surface area contributed by atoms with Gasteiger partial charge in [0.15, 0.2) is 0 Å². The quantitative estimate of drug-likeness (QED) is 0.623. The number of nitrogens with one attached hydrogen (secondary N) is 1. The SMILES string of the molecule is CC1CC(C#N)(C2CC2)C(=O)N1. The number of carbonyl (C=O) groups excluding carboxylic acids is 1. The minimum Gasteiger partial charge on any atom is -0.352 e. The molecular weight excluding hydrogens is 152 g/mol. The molecule has 1 amide bonds. The van der Waals surface area contributed by atoms with Gasteiger partial charge in [-0.05, 0) is 32.1 Å². The van der Waals surface area contributed by atoms with Crippen LogP contribution in [-0.2, 0) is 4.79 Å². The van der Waals surface area contributed by atoms with E-state index in [2.05, 4.69) is 11.4 Å². The molecule has 1 saturated heterocycles. The number of hydrogen-bond donors (Lipinski definition) is 1. The molecule has 3 nitrogen and oxygen atoms in total. The molecule has 2 rings (SSSR count). The zero-order valence-corrected chi connectivity index (χ0v) is 7.13. The van der Waals surface area contributed by atoms with E-state index in [0.717, 1.165) is 12.8 Å². The Morgan fingerprint density at radius 1 is 1.67 bits per heavy atom. The maximum absolute atomic E-state index is 11.5. The largest absolute Gasteiger partial charge is 0.352 e. The number of hydrogen-bond acceptors (Lipinski definition) is 2. The lowest BCUT2D eigenvalue weighted by atomic mass is 9.81. The van der Waals surface area contributed by atoms with Crippen LogP contribution in [0.2, 0.25) is 0 Å². The van der Waals surface area contributed by atoms with Gasteiger partial charge in [0.1, 0.15) is 5.41 Å². The Morgan fingerprint density at radius 3 is 2.67 bits per heavy atom. The molecule has 2 fully saturated rings. The van der Waals surface area contributed by atoms with E-state index in [1.165, 1.54) is 0 Å². The van der Waals surface area contributed by atoms with Crippen LogP contribution >= 0.6 is 0 Å². The number of rotatable bonds is 1. The van der Waals surface area contributed by atoms with Crippen LogP contribution in [0.15, 0.2) is 0 Å². The minimum atomic E-state index is -0.667. The van der Waals surface area contributed by atoms with Gasteiger partial charge in [0.2, 0.25) is 5.91 Å². The summed E-state index contributed by atoms with van der Waals surface area (Å²) in [6.45, 7) is 1.96. The molecule has 0 aromatic carbocycles. The van der Waals surface area contributed by atoms with Crippen molar-refractivity contribution in [1.82, 2.24) is 5.32 Å². The third-order valence-corrected chi connectivity index (χ3v) is 2.88. The molecule has 2 aliphatic rings. The Hall–Kier alpha value is -1.04. The summed E-state index contributed by atoms with van der Waals surface area (Å²) in [5.41, 5.74) is -0.667. The number of carbonyl (C=O) groups is 1. The highest BCUT2D eigenvalue weighted by Gasteiger charge is 2.55. The topological polar surface area (TPSA) is 52.9 Å². The first-order chi connectivity index (χ1) is 5.69. The highest BCUT2D eigenvalue weighted by atomic mass is 16.2. The first-order valence-electron chi connectivity index (χ1n) is 4.41. The molecule has 2 unspecified atom stereocenters. The summed E-state index contributed by atoms with van der Waals surface area (Å²) in [5, 5.41) is 11.8. The second-order valence-electron chi connectivity index (χ2n) is 3.94. The standard InChI is InChI=1S/C9H12N2O/c1-6-4-9(5-10,7-2-3-7)8(12)11-6/h6-7H,2-4H2,1H3,(H,11,12). The summed E-state index contributed by atoms with van der Waals surface area (Å²) in [5.74, 6) is 0.299. The molecule has 0 bridgehead atoms. The molecule has 1 aliphatic carbocycles. The maximum Gasteiger partial charge on any atom is 0.241 e. The third kappa shape index (κ3) is 0.842. The van der Waals surface area contributed by atoms with E-state index in [1.54, 1.807) is 0 Å². The molecule has 0 aromatic rings. The fourth-order valence-corrected chi connectivity index (χ4v) is 2.10. The summed E-state index contributed by atoms with van der Waals surface area (Å²) in [6.07, 6.45) is 2.80. The predicted molar refractivity (Wildman–Crippen MR) is 43.0 cm³/mol. The van der Waals surface area contributed by atoms with Crippen LogP contribution in [0, 0.1) is 22.7 Å². The molecule has 1 N–H and O–H groups in total. The van der Waals surface area contributed by atoms with Crippen LogP contribution in [0.1, 0.15) is 26.2 Å². The van der Waals surface area contributed by atoms with Crippen LogP contribution in [0.3, 0.4) is 0 Å². The fraction of sp³-hybridized carbons (Fsp3) is 0.778. The average Bonchev–Trinajstić information content (AvgIpc) is 2.79. The van der Waals surface area contributed by atoms with E-state index in [9.17, 15) is 4.79 Å². The number of amides is 1. The Labute approximate surface area is 71.8 Å². The molecule has 0 spiro atoms. The van der Waals surface area contributed by atoms with Gasteiger partial charge in [0.25, 0.3) is 0 Å². The van der Waals surface area contributed by atoms with Crippen molar-refractivity contribution in [3.63, 3.8) is 0 Å². The Bertz CT molecular complexity index is 264. The van der Waals surface area contributed by atoms with Gasteiger partial charge in [-0.15, -0.1) is 0 Å². The molecule has 2 atom stereocenters. The second kappa shape index (κ2) is 2.22. The molecule has 64 valence electrons. The zero-order chi connectivity index (χ0) is 8.77. The summed E-state index contributed by atoms with van der Waals surface area (Å²) in [6, 6.07) is 2.39. The van der Waals surface area contributed by atoms with E-state index in [-0.39, 0.29) is 11.9 Å². The van der Waals surface area contributed by atoms with Gasteiger partial charge in [-0.25, -0.2) is 0 Å². The van der Waals surface area contributed by atoms with Gasteiger partial charge < -0.3 is 5.32 Å². The van der Waals surface area contributed by atoms with Crippen LogP contribution < -0.4 is 5.32 Å². The van der Waals surface area contributed by atoms with Crippen molar-refractivity contribution in [2.24, 2.45) is 11.3 Å². The van der Waals surface area contributed by atoms with Crippen molar-refractivity contribution >= 4 is 5.91 Å². The van der Waals surface area contributed by atoms with Crippen molar-refractivity contribution in [3.05, 3.63) is 0 Å². The zero-order valence-electron chi connectivity index (χ0n) is 7.13. The average molecular weight is 164 g/mol. The molecule has 0 aromatic heterocycles. The first kappa shape index (κ1) is 7.60. The van der Waals surface area contributed by atoms with Crippen molar-refractivity contribution < 1.29 is 4.79 Å². The van der Waals surface area contributed by atoms with Crippen molar-refractivity contribution in [3.8, 4) is 6.07 Å². The normalized spacial score (nSPS) is 40.7. The molecule has 0 radical (unpaired) electrons. The molecule has 1 heterocycles. The van der Waals surface area contributed by atoms with E-state index >= 15 is 0 Å². The molecule has 12 heavy (non-hydrogen) atoms. The van der Waals surface area contributed by atoms with Gasteiger partial charge in [-0.3, -0.25) is 4.79 Å². The first-order valence-corrected chi connectivity index (χ1v) is 4.41. The molecule has 1 aliphatic heterocycles. The Balaban J connectivity index is 2.28. The smallest absolute Gasteiger partial charge is 0.241 e. The highest BCUT2D eigenvalue weighted by molar-refractivity contribution is 5.88. The van der Waals surface area contributed by atoms with Gasteiger partial charge in [0, 0.05) is 6.04 Å². The van der Waals surface area contributed by atoms with E-state index in [4.69, 9.17) is 5.26 Å². The summed E-state index contributed by atoms with van der Waals surface area (Å²) >= 11 is 0. The van der Waals surface area contributed by atoms with E-state index in [1.807, 2.05) is 6.92 Å². The second-order valence-corrected chi connectivity index (χ2v) is 3.94. The third-order valence-electron chi connectivity index (χ3n) is 2.88. The van der Waals surface area contributed by atoms with E-state index in [0.29, 0.717) is 12.3 Å². The highest BCUT2D eigenvalue weighted by Crippen LogP contribution is 2.50. The van der Waals surface area contributed by atoms with Crippen molar-refractivity contribution in [2.75, 3.05) is 0 Å². The predicted octanol–water partition coefficient (Wildman–Crippen LogP) is 0.815. The summed E-state index contributed by atoms with van der Waals surface area (Å²) < 4.78 is 0. The van der Waals surface area contributed by atoms with Crippen LogP contribution in [0.5, 0.6) is 0 Å². The number of nitrogens with zero attached hydrogens (tertiary/aromatic N) is 1. The van der Waals surface area contributed by atoms with Gasteiger partial charge in [-0.1, -0.05) is 0 Å². The summed E-state index contributed by atoms with van der Waals surface area (Å²) in [4.78, 5) is 11.5. The van der Waals surface area contributed by atoms with E-state index < -0.39 is 5.41 Å². The van der Waals surface area contributed by atoms with Crippen molar-refractivity contribution in [2.45, 2.75) is 32.2 Å². The summed E-state index contributed by atoms with van der Waals surface area (Å²) in [7, 11) is 0. The Kier molecular flexibility index (Phi) is 1.41. The fourth-order valence-electron chi connectivity index (χ4n) is 2.10.